The maximum atomic E-state index is 3.68. The molecular formula is C11H19N. The van der Waals surface area contributed by atoms with Crippen LogP contribution in [0, 0.1) is 0 Å². The van der Waals surface area contributed by atoms with Crippen LogP contribution in [-0.4, -0.2) is 18.0 Å². The number of allylic oxidation sites excluding steroid dienone is 4. The van der Waals surface area contributed by atoms with E-state index in [2.05, 4.69) is 38.6 Å². The number of nitrogens with zero attached hydrogens (tertiary/aromatic N) is 1. The topological polar surface area (TPSA) is 3.24 Å². The fourth-order valence-corrected chi connectivity index (χ4v) is 0.571. The fourth-order valence-electron chi connectivity index (χ4n) is 0.571. The van der Waals surface area contributed by atoms with Gasteiger partial charge in [0.05, 0.1) is 0 Å². The molecule has 0 radical (unpaired) electrons. The van der Waals surface area contributed by atoms with E-state index in [4.69, 9.17) is 0 Å². The first-order valence-corrected chi connectivity index (χ1v) is 4.27. The molecule has 0 aliphatic rings. The van der Waals surface area contributed by atoms with Gasteiger partial charge in [0, 0.05) is 13.1 Å². The zero-order chi connectivity index (χ0) is 9.56. The van der Waals surface area contributed by atoms with Gasteiger partial charge >= 0.3 is 0 Å². The molecular weight excluding hydrogens is 146 g/mol. The van der Waals surface area contributed by atoms with Gasteiger partial charge in [0.25, 0.3) is 0 Å². The monoisotopic (exact) mass is 165 g/mol. The van der Waals surface area contributed by atoms with Crippen molar-refractivity contribution in [3.63, 3.8) is 0 Å². The highest BCUT2D eigenvalue weighted by molar-refractivity contribution is 5.19. The molecule has 0 aliphatic carbocycles. The minimum Gasteiger partial charge on any atom is -0.378 e. The highest BCUT2D eigenvalue weighted by atomic mass is 15.1. The largest absolute Gasteiger partial charge is 0.378 e. The lowest BCUT2D eigenvalue weighted by Gasteiger charge is -2.17. The molecule has 1 heteroatoms. The summed E-state index contributed by atoms with van der Waals surface area (Å²) in [4.78, 5) is 2.16. The van der Waals surface area contributed by atoms with Crippen molar-refractivity contribution < 1.29 is 0 Å². The summed E-state index contributed by atoms with van der Waals surface area (Å²) in [5.74, 6) is 0. The molecule has 0 N–H and O–H groups in total. The SMILES string of the molecule is C=C/C(C)=C\C=C/N(C)C(C)C. The van der Waals surface area contributed by atoms with Crippen LogP contribution in [0.1, 0.15) is 20.8 Å². The Morgan fingerprint density at radius 2 is 2.00 bits per heavy atom. The lowest BCUT2D eigenvalue weighted by molar-refractivity contribution is 0.376. The molecule has 0 aromatic carbocycles. The third-order valence-electron chi connectivity index (χ3n) is 1.82. The van der Waals surface area contributed by atoms with Gasteiger partial charge in [-0.2, -0.15) is 0 Å². The van der Waals surface area contributed by atoms with Crippen LogP contribution in [0.15, 0.2) is 36.6 Å². The molecule has 0 amide bonds. The first-order valence-electron chi connectivity index (χ1n) is 4.27. The summed E-state index contributed by atoms with van der Waals surface area (Å²) in [6, 6.07) is 0.554. The molecule has 0 saturated heterocycles. The quantitative estimate of drug-likeness (QED) is 0.579. The van der Waals surface area contributed by atoms with Gasteiger partial charge in [-0.25, -0.2) is 0 Å². The molecule has 0 bridgehead atoms. The summed E-state index contributed by atoms with van der Waals surface area (Å²) >= 11 is 0. The first-order chi connectivity index (χ1) is 5.57. The van der Waals surface area contributed by atoms with Crippen molar-refractivity contribution in [2.75, 3.05) is 7.05 Å². The molecule has 0 spiro atoms. The Kier molecular flexibility index (Phi) is 5.18. The first kappa shape index (κ1) is 11.0. The molecule has 0 heterocycles. The summed E-state index contributed by atoms with van der Waals surface area (Å²) in [7, 11) is 2.07. The number of hydrogen-bond donors (Lipinski definition) is 0. The highest BCUT2D eigenvalue weighted by Gasteiger charge is 1.93. The Morgan fingerprint density at radius 3 is 2.42 bits per heavy atom. The van der Waals surface area contributed by atoms with Crippen LogP contribution < -0.4 is 0 Å². The van der Waals surface area contributed by atoms with Gasteiger partial charge in [0.1, 0.15) is 0 Å². The van der Waals surface area contributed by atoms with E-state index in [1.165, 1.54) is 5.57 Å². The Bertz CT molecular complexity index is 187. The fraction of sp³-hybridized carbons (Fsp3) is 0.455. The Balaban J connectivity index is 3.99. The summed E-state index contributed by atoms with van der Waals surface area (Å²) < 4.78 is 0. The van der Waals surface area contributed by atoms with Gasteiger partial charge in [-0.3, -0.25) is 0 Å². The van der Waals surface area contributed by atoms with Crippen LogP contribution in [0.5, 0.6) is 0 Å². The summed E-state index contributed by atoms with van der Waals surface area (Å²) in [5, 5.41) is 0. The van der Waals surface area contributed by atoms with Crippen LogP contribution in [0.4, 0.5) is 0 Å². The second kappa shape index (κ2) is 5.64. The van der Waals surface area contributed by atoms with Crippen LogP contribution >= 0.6 is 0 Å². The predicted molar refractivity (Wildman–Crippen MR) is 56.0 cm³/mol. The molecule has 0 aromatic heterocycles. The van der Waals surface area contributed by atoms with E-state index in [9.17, 15) is 0 Å². The molecule has 1 nitrogen and oxygen atoms in total. The van der Waals surface area contributed by atoms with E-state index in [1.54, 1.807) is 0 Å². The molecule has 0 aliphatic heterocycles. The third-order valence-corrected chi connectivity index (χ3v) is 1.82. The normalized spacial score (nSPS) is 12.6. The average Bonchev–Trinajstić information content (AvgIpc) is 2.03. The highest BCUT2D eigenvalue weighted by Crippen LogP contribution is 1.97. The average molecular weight is 165 g/mol. The van der Waals surface area contributed by atoms with Gasteiger partial charge < -0.3 is 4.90 Å². The van der Waals surface area contributed by atoms with Crippen molar-refractivity contribution in [3.05, 3.63) is 36.6 Å². The van der Waals surface area contributed by atoms with Crippen molar-refractivity contribution >= 4 is 0 Å². The van der Waals surface area contributed by atoms with E-state index in [-0.39, 0.29) is 0 Å². The van der Waals surface area contributed by atoms with Gasteiger partial charge in [0.15, 0.2) is 0 Å². The molecule has 0 atom stereocenters. The van der Waals surface area contributed by atoms with E-state index in [0.717, 1.165) is 0 Å². The number of rotatable bonds is 4. The lowest BCUT2D eigenvalue weighted by atomic mass is 10.3. The van der Waals surface area contributed by atoms with Crippen molar-refractivity contribution in [2.45, 2.75) is 26.8 Å². The van der Waals surface area contributed by atoms with Gasteiger partial charge in [-0.05, 0) is 33.0 Å². The summed E-state index contributed by atoms with van der Waals surface area (Å²) in [6.07, 6.45) is 8.00. The molecule has 0 unspecified atom stereocenters. The second-order valence-corrected chi connectivity index (χ2v) is 3.22. The van der Waals surface area contributed by atoms with E-state index in [0.29, 0.717) is 6.04 Å². The molecule has 0 saturated carbocycles. The molecule has 0 aromatic rings. The summed E-state index contributed by atoms with van der Waals surface area (Å²) in [5.41, 5.74) is 1.18. The van der Waals surface area contributed by atoms with E-state index >= 15 is 0 Å². The van der Waals surface area contributed by atoms with Crippen LogP contribution in [0.3, 0.4) is 0 Å². The number of hydrogen-bond acceptors (Lipinski definition) is 1. The molecule has 12 heavy (non-hydrogen) atoms. The van der Waals surface area contributed by atoms with E-state index < -0.39 is 0 Å². The van der Waals surface area contributed by atoms with Gasteiger partial charge in [-0.15, -0.1) is 0 Å². The minimum atomic E-state index is 0.554. The zero-order valence-corrected chi connectivity index (χ0v) is 8.54. The Morgan fingerprint density at radius 1 is 1.42 bits per heavy atom. The smallest absolute Gasteiger partial charge is 0.0224 e. The maximum Gasteiger partial charge on any atom is 0.0224 e. The molecule has 68 valence electrons. The van der Waals surface area contributed by atoms with Gasteiger partial charge in [-0.1, -0.05) is 24.3 Å². The van der Waals surface area contributed by atoms with Crippen LogP contribution in [0.2, 0.25) is 0 Å². The zero-order valence-electron chi connectivity index (χ0n) is 8.54. The third kappa shape index (κ3) is 4.78. The standard InChI is InChI=1S/C11H19N/c1-6-11(4)8-7-9-12(5)10(2)3/h6-10H,1H2,2-5H3/b9-7-,11-8-. The van der Waals surface area contributed by atoms with Gasteiger partial charge in [0.2, 0.25) is 0 Å². The van der Waals surface area contributed by atoms with Crippen molar-refractivity contribution in [2.24, 2.45) is 0 Å². The van der Waals surface area contributed by atoms with Crippen molar-refractivity contribution in [1.29, 1.82) is 0 Å². The van der Waals surface area contributed by atoms with Crippen molar-refractivity contribution in [1.82, 2.24) is 4.90 Å². The van der Waals surface area contributed by atoms with Crippen LogP contribution in [0.25, 0.3) is 0 Å². The lowest BCUT2D eigenvalue weighted by Crippen LogP contribution is -2.19. The van der Waals surface area contributed by atoms with Crippen molar-refractivity contribution in [3.8, 4) is 0 Å². The maximum absolute atomic E-state index is 3.68. The predicted octanol–water partition coefficient (Wildman–Crippen LogP) is 2.97. The summed E-state index contributed by atoms with van der Waals surface area (Å²) in [6.45, 7) is 10.0. The van der Waals surface area contributed by atoms with Crippen LogP contribution in [-0.2, 0) is 0 Å². The van der Waals surface area contributed by atoms with E-state index in [1.807, 2.05) is 25.2 Å². The molecule has 0 fully saturated rings. The Labute approximate surface area is 76.1 Å². The second-order valence-electron chi connectivity index (χ2n) is 3.22. The Hall–Kier alpha value is -0.980. The minimum absolute atomic E-state index is 0.554. The molecule has 0 rings (SSSR count).